The van der Waals surface area contributed by atoms with Crippen molar-refractivity contribution >= 4 is 11.9 Å². The van der Waals surface area contributed by atoms with Crippen LogP contribution in [0.15, 0.2) is 11.3 Å². The first-order valence-corrected chi connectivity index (χ1v) is 6.10. The minimum absolute atomic E-state index is 0.215. The lowest BCUT2D eigenvalue weighted by atomic mass is 9.96. The number of hydrogen-bond acceptors (Lipinski definition) is 4. The van der Waals surface area contributed by atoms with Crippen molar-refractivity contribution in [3.8, 4) is 0 Å². The highest BCUT2D eigenvalue weighted by atomic mass is 16.5. The van der Waals surface area contributed by atoms with Crippen molar-refractivity contribution in [2.75, 3.05) is 13.2 Å². The first kappa shape index (κ1) is 12.0. The van der Waals surface area contributed by atoms with Crippen LogP contribution >= 0.6 is 0 Å². The van der Waals surface area contributed by atoms with E-state index in [1.807, 2.05) is 4.90 Å². The van der Waals surface area contributed by atoms with Gasteiger partial charge in [-0.05, 0) is 32.6 Å². The van der Waals surface area contributed by atoms with Crippen LogP contribution in [0.3, 0.4) is 0 Å². The molecule has 5 nitrogen and oxygen atoms in total. The first-order chi connectivity index (χ1) is 8.15. The fourth-order valence-electron chi connectivity index (χ4n) is 2.33. The highest BCUT2D eigenvalue weighted by Crippen LogP contribution is 2.35. The van der Waals surface area contributed by atoms with Crippen molar-refractivity contribution < 1.29 is 14.3 Å². The molecule has 0 aromatic rings. The average molecular weight is 238 g/mol. The lowest BCUT2D eigenvalue weighted by Crippen LogP contribution is -2.24. The third-order valence-corrected chi connectivity index (χ3v) is 3.25. The highest BCUT2D eigenvalue weighted by molar-refractivity contribution is 5.90. The molecule has 1 unspecified atom stereocenters. The molecule has 5 heteroatoms. The van der Waals surface area contributed by atoms with Crippen molar-refractivity contribution in [3.63, 3.8) is 0 Å². The Bertz CT molecular complexity index is 376. The number of ether oxygens (including phenoxy) is 1. The molecule has 2 aliphatic rings. The molecule has 0 aromatic heterocycles. The van der Waals surface area contributed by atoms with E-state index in [-0.39, 0.29) is 17.9 Å². The number of rotatable bonds is 4. The zero-order valence-electron chi connectivity index (χ0n) is 10.1. The van der Waals surface area contributed by atoms with Gasteiger partial charge in [0.1, 0.15) is 6.04 Å². The Morgan fingerprint density at radius 1 is 1.41 bits per heavy atom. The van der Waals surface area contributed by atoms with E-state index in [4.69, 9.17) is 10.5 Å². The summed E-state index contributed by atoms with van der Waals surface area (Å²) in [4.78, 5) is 24.8. The third kappa shape index (κ3) is 2.43. The van der Waals surface area contributed by atoms with Crippen LogP contribution < -0.4 is 5.73 Å². The van der Waals surface area contributed by atoms with Gasteiger partial charge >= 0.3 is 5.97 Å². The standard InChI is InChI=1S/C12H18N2O3/c1-2-17-12(16)8-5-3-4-6-9(8)14-7-10(14)11(13)15/h10H,2-7H2,1H3,(H2,13,15). The number of nitrogens with two attached hydrogens (primary N) is 1. The zero-order valence-corrected chi connectivity index (χ0v) is 10.1. The summed E-state index contributed by atoms with van der Waals surface area (Å²) >= 11 is 0. The Morgan fingerprint density at radius 3 is 2.71 bits per heavy atom. The zero-order chi connectivity index (χ0) is 12.4. The fraction of sp³-hybridized carbons (Fsp3) is 0.667. The maximum Gasteiger partial charge on any atom is 0.335 e. The van der Waals surface area contributed by atoms with Crippen LogP contribution in [0.1, 0.15) is 32.6 Å². The Labute approximate surface area is 101 Å². The maximum absolute atomic E-state index is 11.8. The van der Waals surface area contributed by atoms with E-state index < -0.39 is 0 Å². The summed E-state index contributed by atoms with van der Waals surface area (Å²) in [7, 11) is 0. The van der Waals surface area contributed by atoms with Crippen molar-refractivity contribution in [2.45, 2.75) is 38.6 Å². The van der Waals surface area contributed by atoms with E-state index in [1.54, 1.807) is 6.92 Å². The predicted molar refractivity (Wildman–Crippen MR) is 61.8 cm³/mol. The molecule has 2 rings (SSSR count). The fourth-order valence-corrected chi connectivity index (χ4v) is 2.33. The smallest absolute Gasteiger partial charge is 0.335 e. The number of hydrogen-bond donors (Lipinski definition) is 1. The molecule has 0 bridgehead atoms. The molecule has 1 heterocycles. The van der Waals surface area contributed by atoms with E-state index in [9.17, 15) is 9.59 Å². The summed E-state index contributed by atoms with van der Waals surface area (Å²) in [6, 6.07) is -0.215. The lowest BCUT2D eigenvalue weighted by Gasteiger charge is -2.20. The molecule has 0 aromatic carbocycles. The summed E-state index contributed by atoms with van der Waals surface area (Å²) in [5, 5.41) is 0. The maximum atomic E-state index is 11.8. The van der Waals surface area contributed by atoms with Gasteiger partial charge in [0.05, 0.1) is 12.2 Å². The van der Waals surface area contributed by atoms with Gasteiger partial charge < -0.3 is 15.4 Å². The van der Waals surface area contributed by atoms with E-state index in [2.05, 4.69) is 0 Å². The van der Waals surface area contributed by atoms with Gasteiger partial charge in [0, 0.05) is 12.2 Å². The van der Waals surface area contributed by atoms with Gasteiger partial charge in [0.15, 0.2) is 0 Å². The summed E-state index contributed by atoms with van der Waals surface area (Å²) in [5.74, 6) is -0.552. The predicted octanol–water partition coefficient (Wildman–Crippen LogP) is 0.547. The minimum Gasteiger partial charge on any atom is -0.463 e. The van der Waals surface area contributed by atoms with Crippen LogP contribution in [0.5, 0.6) is 0 Å². The number of nitrogens with zero attached hydrogens (tertiary/aromatic N) is 1. The molecule has 17 heavy (non-hydrogen) atoms. The minimum atomic E-state index is -0.314. The first-order valence-electron chi connectivity index (χ1n) is 6.10. The van der Waals surface area contributed by atoms with Crippen molar-refractivity contribution in [2.24, 2.45) is 5.73 Å². The largest absolute Gasteiger partial charge is 0.463 e. The quantitative estimate of drug-likeness (QED) is 0.573. The Balaban J connectivity index is 2.15. The summed E-state index contributed by atoms with van der Waals surface area (Å²) in [5.41, 5.74) is 6.96. The SMILES string of the molecule is CCOC(=O)C1=C(N2CC2C(N)=O)CCCC1. The van der Waals surface area contributed by atoms with E-state index >= 15 is 0 Å². The summed E-state index contributed by atoms with van der Waals surface area (Å²) in [6.07, 6.45) is 3.65. The van der Waals surface area contributed by atoms with Crippen LogP contribution in [-0.2, 0) is 14.3 Å². The molecular formula is C12H18N2O3. The Morgan fingerprint density at radius 2 is 2.12 bits per heavy atom. The van der Waals surface area contributed by atoms with Crippen molar-refractivity contribution in [3.05, 3.63) is 11.3 Å². The van der Waals surface area contributed by atoms with Crippen LogP contribution in [0, 0.1) is 0 Å². The Kier molecular flexibility index (Phi) is 3.36. The molecule has 1 atom stereocenters. The number of amides is 1. The molecule has 0 saturated carbocycles. The second-order valence-electron chi connectivity index (χ2n) is 4.42. The topological polar surface area (TPSA) is 72.4 Å². The summed E-state index contributed by atoms with van der Waals surface area (Å²) in [6.45, 7) is 2.83. The molecule has 1 aliphatic heterocycles. The second kappa shape index (κ2) is 4.77. The van der Waals surface area contributed by atoms with Crippen molar-refractivity contribution in [1.82, 2.24) is 4.90 Å². The van der Waals surface area contributed by atoms with Gasteiger partial charge in [-0.2, -0.15) is 0 Å². The van der Waals surface area contributed by atoms with E-state index in [0.717, 1.165) is 37.0 Å². The molecule has 1 saturated heterocycles. The molecule has 0 spiro atoms. The molecule has 1 aliphatic carbocycles. The average Bonchev–Trinajstić information content (AvgIpc) is 3.09. The molecule has 1 amide bonds. The molecule has 94 valence electrons. The Hall–Kier alpha value is -1.52. The van der Waals surface area contributed by atoms with Crippen LogP contribution in [-0.4, -0.2) is 36.0 Å². The molecule has 0 radical (unpaired) electrons. The second-order valence-corrected chi connectivity index (χ2v) is 4.42. The molecule has 1 fully saturated rings. The van der Waals surface area contributed by atoms with E-state index in [1.165, 1.54) is 0 Å². The third-order valence-electron chi connectivity index (χ3n) is 3.25. The van der Waals surface area contributed by atoms with Gasteiger partial charge in [-0.15, -0.1) is 0 Å². The van der Waals surface area contributed by atoms with Gasteiger partial charge in [-0.1, -0.05) is 0 Å². The molecular weight excluding hydrogens is 220 g/mol. The number of esters is 1. The van der Waals surface area contributed by atoms with Crippen LogP contribution in [0.2, 0.25) is 0 Å². The lowest BCUT2D eigenvalue weighted by molar-refractivity contribution is -0.139. The number of allylic oxidation sites excluding steroid dienone is 1. The van der Waals surface area contributed by atoms with Gasteiger partial charge in [0.25, 0.3) is 0 Å². The molecule has 2 N–H and O–H groups in total. The normalized spacial score (nSPS) is 23.6. The number of primary amides is 1. The highest BCUT2D eigenvalue weighted by Gasteiger charge is 2.42. The number of carbonyl (C=O) groups is 2. The monoisotopic (exact) mass is 238 g/mol. The van der Waals surface area contributed by atoms with E-state index in [0.29, 0.717) is 13.2 Å². The van der Waals surface area contributed by atoms with Gasteiger partial charge in [-0.3, -0.25) is 4.79 Å². The van der Waals surface area contributed by atoms with Crippen LogP contribution in [0.4, 0.5) is 0 Å². The van der Waals surface area contributed by atoms with Crippen LogP contribution in [0.25, 0.3) is 0 Å². The van der Waals surface area contributed by atoms with Gasteiger partial charge in [-0.25, -0.2) is 4.79 Å². The number of carbonyl (C=O) groups excluding carboxylic acids is 2. The van der Waals surface area contributed by atoms with Gasteiger partial charge in [0.2, 0.25) is 5.91 Å². The summed E-state index contributed by atoms with van der Waals surface area (Å²) < 4.78 is 5.05. The van der Waals surface area contributed by atoms with Crippen molar-refractivity contribution in [1.29, 1.82) is 0 Å².